The van der Waals surface area contributed by atoms with Crippen LogP contribution in [0.2, 0.25) is 0 Å². The summed E-state index contributed by atoms with van der Waals surface area (Å²) in [7, 11) is 0. The van der Waals surface area contributed by atoms with Gasteiger partial charge in [-0.1, -0.05) is 0 Å². The third kappa shape index (κ3) is 3.76. The summed E-state index contributed by atoms with van der Waals surface area (Å²) < 4.78 is 45.2. The lowest BCUT2D eigenvalue weighted by Crippen LogP contribution is -2.14. The van der Waals surface area contributed by atoms with Crippen LogP contribution in [0, 0.1) is 5.41 Å². The third-order valence-corrected chi connectivity index (χ3v) is 4.55. The van der Waals surface area contributed by atoms with Gasteiger partial charge in [-0.15, -0.1) is 11.3 Å². The maximum Gasteiger partial charge on any atom is 0.419 e. The largest absolute Gasteiger partial charge is 0.487 e. The van der Waals surface area contributed by atoms with E-state index in [9.17, 15) is 13.2 Å². The molecule has 3 N–H and O–H groups in total. The molecule has 0 amide bonds. The Morgan fingerprint density at radius 2 is 2.05 bits per heavy atom. The fraction of sp³-hybridized carbons (Fsp3) is 0.154. The SMILES string of the molecule is N=C(N)c1ccc(OCc2sccc2Br)c(C(F)(F)F)c1. The molecule has 21 heavy (non-hydrogen) atoms. The predicted molar refractivity (Wildman–Crippen MR) is 78.8 cm³/mol. The molecule has 112 valence electrons. The molecule has 8 heteroatoms. The van der Waals surface area contributed by atoms with E-state index >= 15 is 0 Å². The summed E-state index contributed by atoms with van der Waals surface area (Å²) >= 11 is 4.67. The monoisotopic (exact) mass is 378 g/mol. The second kappa shape index (κ2) is 6.07. The van der Waals surface area contributed by atoms with Gasteiger partial charge in [-0.25, -0.2) is 0 Å². The van der Waals surface area contributed by atoms with Gasteiger partial charge < -0.3 is 10.5 Å². The van der Waals surface area contributed by atoms with Crippen LogP contribution >= 0.6 is 27.3 Å². The lowest BCUT2D eigenvalue weighted by Gasteiger charge is -2.15. The number of halogens is 4. The van der Waals surface area contributed by atoms with Crippen molar-refractivity contribution in [3.05, 3.63) is 50.1 Å². The van der Waals surface area contributed by atoms with Crippen molar-refractivity contribution in [3.63, 3.8) is 0 Å². The standard InChI is InChI=1S/C13H10BrF3N2OS/c14-9-3-4-21-11(9)6-20-10-2-1-7(12(18)19)5-8(10)13(15,16)17/h1-5H,6H2,(H3,18,19). The van der Waals surface area contributed by atoms with Crippen LogP contribution in [0.3, 0.4) is 0 Å². The van der Waals surface area contributed by atoms with Gasteiger partial charge in [-0.2, -0.15) is 13.2 Å². The summed E-state index contributed by atoms with van der Waals surface area (Å²) in [5, 5.41) is 9.03. The fourth-order valence-electron chi connectivity index (χ4n) is 1.62. The van der Waals surface area contributed by atoms with Gasteiger partial charge in [0, 0.05) is 10.0 Å². The lowest BCUT2D eigenvalue weighted by atomic mass is 10.1. The minimum atomic E-state index is -4.58. The van der Waals surface area contributed by atoms with Crippen molar-refractivity contribution in [3.8, 4) is 5.75 Å². The van der Waals surface area contributed by atoms with Crippen LogP contribution in [-0.2, 0) is 12.8 Å². The van der Waals surface area contributed by atoms with Crippen LogP contribution < -0.4 is 10.5 Å². The first kappa shape index (κ1) is 15.8. The number of alkyl halides is 3. The Balaban J connectivity index is 2.30. The molecule has 0 bridgehead atoms. The molecule has 0 unspecified atom stereocenters. The van der Waals surface area contributed by atoms with E-state index < -0.39 is 17.6 Å². The zero-order valence-corrected chi connectivity index (χ0v) is 12.9. The summed E-state index contributed by atoms with van der Waals surface area (Å²) in [6, 6.07) is 5.13. The van der Waals surface area contributed by atoms with Crippen molar-refractivity contribution in [2.24, 2.45) is 5.73 Å². The molecule has 0 spiro atoms. The number of hydrogen-bond acceptors (Lipinski definition) is 3. The van der Waals surface area contributed by atoms with Gasteiger partial charge in [-0.05, 0) is 45.6 Å². The quantitative estimate of drug-likeness (QED) is 0.612. The average molecular weight is 379 g/mol. The highest BCUT2D eigenvalue weighted by molar-refractivity contribution is 9.10. The minimum absolute atomic E-state index is 0.00646. The lowest BCUT2D eigenvalue weighted by molar-refractivity contribution is -0.139. The van der Waals surface area contributed by atoms with Crippen molar-refractivity contribution >= 4 is 33.1 Å². The molecule has 2 aromatic rings. The number of ether oxygens (including phenoxy) is 1. The molecule has 1 aromatic carbocycles. The Morgan fingerprint density at radius 3 is 2.57 bits per heavy atom. The van der Waals surface area contributed by atoms with Gasteiger partial charge in [0.2, 0.25) is 0 Å². The number of nitrogen functional groups attached to an aromatic ring is 1. The van der Waals surface area contributed by atoms with Crippen molar-refractivity contribution in [2.45, 2.75) is 12.8 Å². The number of hydrogen-bond donors (Lipinski definition) is 2. The number of nitrogens with one attached hydrogen (secondary N) is 1. The number of amidine groups is 1. The second-order valence-corrected chi connectivity index (χ2v) is 5.96. The van der Waals surface area contributed by atoms with E-state index in [4.69, 9.17) is 15.9 Å². The minimum Gasteiger partial charge on any atom is -0.487 e. The highest BCUT2D eigenvalue weighted by Gasteiger charge is 2.35. The molecular formula is C13H10BrF3N2OS. The van der Waals surface area contributed by atoms with Gasteiger partial charge >= 0.3 is 6.18 Å². The zero-order chi connectivity index (χ0) is 15.6. The molecule has 1 aromatic heterocycles. The first-order valence-electron chi connectivity index (χ1n) is 5.69. The number of thiophene rings is 1. The molecule has 0 aliphatic heterocycles. The maximum absolute atomic E-state index is 13.0. The Hall–Kier alpha value is -1.54. The topological polar surface area (TPSA) is 59.1 Å². The molecule has 3 nitrogen and oxygen atoms in total. The van der Waals surface area contributed by atoms with E-state index in [1.807, 2.05) is 5.38 Å². The summed E-state index contributed by atoms with van der Waals surface area (Å²) in [5.41, 5.74) is 4.28. The molecular weight excluding hydrogens is 369 g/mol. The van der Waals surface area contributed by atoms with Crippen molar-refractivity contribution in [2.75, 3.05) is 0 Å². The van der Waals surface area contributed by atoms with Crippen LogP contribution in [-0.4, -0.2) is 5.84 Å². The highest BCUT2D eigenvalue weighted by Crippen LogP contribution is 2.37. The zero-order valence-electron chi connectivity index (χ0n) is 10.5. The highest BCUT2D eigenvalue weighted by atomic mass is 79.9. The van der Waals surface area contributed by atoms with Gasteiger partial charge in [0.15, 0.2) is 0 Å². The second-order valence-electron chi connectivity index (χ2n) is 4.10. The summed E-state index contributed by atoms with van der Waals surface area (Å²) in [5.74, 6) is -0.708. The summed E-state index contributed by atoms with van der Waals surface area (Å²) in [6.45, 7) is 0.0285. The van der Waals surface area contributed by atoms with Gasteiger partial charge in [0.05, 0.1) is 10.4 Å². The van der Waals surface area contributed by atoms with E-state index in [1.54, 1.807) is 6.07 Å². The molecule has 0 radical (unpaired) electrons. The average Bonchev–Trinajstić information content (AvgIpc) is 2.80. The van der Waals surface area contributed by atoms with Crippen molar-refractivity contribution in [1.82, 2.24) is 0 Å². The van der Waals surface area contributed by atoms with E-state index in [0.717, 1.165) is 15.4 Å². The molecule has 0 saturated carbocycles. The Kier molecular flexibility index (Phi) is 4.58. The van der Waals surface area contributed by atoms with Crippen molar-refractivity contribution < 1.29 is 17.9 Å². The smallest absolute Gasteiger partial charge is 0.419 e. The molecule has 0 aliphatic rings. The normalized spacial score (nSPS) is 11.4. The third-order valence-electron chi connectivity index (χ3n) is 2.65. The van der Waals surface area contributed by atoms with Crippen LogP contribution in [0.4, 0.5) is 13.2 Å². The number of nitrogens with two attached hydrogens (primary N) is 1. The maximum atomic E-state index is 13.0. The van der Waals surface area contributed by atoms with E-state index in [2.05, 4.69) is 15.9 Å². The van der Waals surface area contributed by atoms with Crippen LogP contribution in [0.25, 0.3) is 0 Å². The van der Waals surface area contributed by atoms with Crippen LogP contribution in [0.1, 0.15) is 16.0 Å². The van der Waals surface area contributed by atoms with E-state index in [-0.39, 0.29) is 17.9 Å². The number of benzene rings is 1. The summed E-state index contributed by atoms with van der Waals surface area (Å²) in [4.78, 5) is 0.791. The van der Waals surface area contributed by atoms with Gasteiger partial charge in [0.1, 0.15) is 18.2 Å². The molecule has 1 heterocycles. The Bertz CT molecular complexity index is 670. The Morgan fingerprint density at radius 1 is 1.33 bits per heavy atom. The van der Waals surface area contributed by atoms with Gasteiger partial charge in [-0.3, -0.25) is 5.41 Å². The van der Waals surface area contributed by atoms with E-state index in [0.29, 0.717) is 0 Å². The predicted octanol–water partition coefficient (Wildman–Crippen LogP) is 4.39. The molecule has 0 fully saturated rings. The summed E-state index contributed by atoms with van der Waals surface area (Å²) in [6.07, 6.45) is -4.58. The molecule has 0 atom stereocenters. The first-order chi connectivity index (χ1) is 9.79. The molecule has 2 rings (SSSR count). The molecule has 0 saturated heterocycles. The fourth-order valence-corrected chi connectivity index (χ4v) is 2.99. The Labute approximate surface area is 131 Å². The van der Waals surface area contributed by atoms with Gasteiger partial charge in [0.25, 0.3) is 0 Å². The van der Waals surface area contributed by atoms with Crippen molar-refractivity contribution in [1.29, 1.82) is 5.41 Å². The molecule has 0 aliphatic carbocycles. The van der Waals surface area contributed by atoms with Crippen LogP contribution in [0.5, 0.6) is 5.75 Å². The van der Waals surface area contributed by atoms with E-state index in [1.165, 1.54) is 23.5 Å². The first-order valence-corrected chi connectivity index (χ1v) is 7.36. The van der Waals surface area contributed by atoms with Crippen LogP contribution in [0.15, 0.2) is 34.1 Å². The number of rotatable bonds is 4.